The lowest BCUT2D eigenvalue weighted by Gasteiger charge is -2.07. The van der Waals surface area contributed by atoms with Gasteiger partial charge in [-0.3, -0.25) is 4.79 Å². The van der Waals surface area contributed by atoms with Crippen LogP contribution in [0.5, 0.6) is 5.75 Å². The van der Waals surface area contributed by atoms with Crippen molar-refractivity contribution in [3.05, 3.63) is 66.2 Å². The number of methoxy groups -OCH3 is 1. The molecule has 0 saturated heterocycles. The zero-order valence-corrected chi connectivity index (χ0v) is 18.4. The summed E-state index contributed by atoms with van der Waals surface area (Å²) in [5.74, 6) is 2.58. The maximum absolute atomic E-state index is 12.3. The number of nitrogens with one attached hydrogen (secondary N) is 1. The van der Waals surface area contributed by atoms with Gasteiger partial charge in [0.05, 0.1) is 17.3 Å². The summed E-state index contributed by atoms with van der Waals surface area (Å²) >= 11 is 3.32. The van der Waals surface area contributed by atoms with Gasteiger partial charge in [0.2, 0.25) is 5.91 Å². The largest absolute Gasteiger partial charge is 0.496 e. The van der Waals surface area contributed by atoms with Gasteiger partial charge < -0.3 is 14.6 Å². The Morgan fingerprint density at radius 3 is 2.93 bits per heavy atom. The molecule has 6 nitrogen and oxygen atoms in total. The number of thioether (sulfide) groups is 1. The second-order valence-corrected chi connectivity index (χ2v) is 8.98. The molecule has 1 amide bonds. The second-order valence-electron chi connectivity index (χ2n) is 6.73. The molecule has 0 aliphatic rings. The van der Waals surface area contributed by atoms with E-state index in [2.05, 4.69) is 16.4 Å². The number of imidazole rings is 1. The molecule has 4 rings (SSSR count). The minimum atomic E-state index is -0.0160. The van der Waals surface area contributed by atoms with Crippen molar-refractivity contribution in [1.82, 2.24) is 14.5 Å². The Morgan fingerprint density at radius 1 is 1.27 bits per heavy atom. The van der Waals surface area contributed by atoms with E-state index in [-0.39, 0.29) is 5.91 Å². The van der Waals surface area contributed by atoms with Gasteiger partial charge in [0.15, 0.2) is 4.34 Å². The quantitative estimate of drug-likeness (QED) is 0.386. The van der Waals surface area contributed by atoms with Crippen LogP contribution in [0, 0.1) is 6.92 Å². The topological polar surface area (TPSA) is 69.0 Å². The normalized spacial score (nSPS) is 11.0. The number of carbonyl (C=O) groups is 1. The van der Waals surface area contributed by atoms with E-state index >= 15 is 0 Å². The number of anilines is 1. The lowest BCUT2D eigenvalue weighted by atomic mass is 10.2. The van der Waals surface area contributed by atoms with E-state index in [1.807, 2.05) is 54.1 Å². The molecule has 0 spiro atoms. The number of nitrogens with zero attached hydrogens (tertiary/aromatic N) is 3. The smallest absolute Gasteiger partial charge is 0.226 e. The summed E-state index contributed by atoms with van der Waals surface area (Å²) in [5.41, 5.74) is 2.87. The molecule has 0 saturated carbocycles. The van der Waals surface area contributed by atoms with Crippen LogP contribution in [-0.2, 0) is 17.1 Å². The molecule has 2 aromatic heterocycles. The van der Waals surface area contributed by atoms with Crippen molar-refractivity contribution >= 4 is 44.9 Å². The molecule has 0 atom stereocenters. The van der Waals surface area contributed by atoms with Gasteiger partial charge in [-0.1, -0.05) is 30.0 Å². The standard InChI is InChI=1S/C22H22N4O2S2/c1-15-23-10-12-26(15)11-9-21(27)24-17-7-8-18-20(13-17)30-22(25-18)29-14-16-5-3-4-6-19(16)28-2/h3-8,10,12-13H,9,11,14H2,1-2H3,(H,24,27). The fourth-order valence-corrected chi connectivity index (χ4v) is 5.19. The fourth-order valence-electron chi connectivity index (χ4n) is 3.09. The van der Waals surface area contributed by atoms with Crippen LogP contribution in [0.2, 0.25) is 0 Å². The van der Waals surface area contributed by atoms with Gasteiger partial charge in [0, 0.05) is 42.4 Å². The summed E-state index contributed by atoms with van der Waals surface area (Å²) in [7, 11) is 1.69. The Morgan fingerprint density at radius 2 is 2.13 bits per heavy atom. The van der Waals surface area contributed by atoms with Crippen LogP contribution in [0.15, 0.2) is 59.2 Å². The third-order valence-corrected chi connectivity index (χ3v) is 6.91. The lowest BCUT2D eigenvalue weighted by molar-refractivity contribution is -0.116. The van der Waals surface area contributed by atoms with Crippen molar-refractivity contribution in [2.75, 3.05) is 12.4 Å². The SMILES string of the molecule is COc1ccccc1CSc1nc2ccc(NC(=O)CCn3ccnc3C)cc2s1. The predicted octanol–water partition coefficient (Wildman–Crippen LogP) is 5.13. The highest BCUT2D eigenvalue weighted by atomic mass is 32.2. The molecule has 30 heavy (non-hydrogen) atoms. The molecular weight excluding hydrogens is 416 g/mol. The number of benzene rings is 2. The van der Waals surface area contributed by atoms with E-state index in [1.54, 1.807) is 36.4 Å². The van der Waals surface area contributed by atoms with Gasteiger partial charge in [-0.15, -0.1) is 11.3 Å². The maximum atomic E-state index is 12.3. The molecule has 0 radical (unpaired) electrons. The van der Waals surface area contributed by atoms with Gasteiger partial charge >= 0.3 is 0 Å². The molecule has 8 heteroatoms. The maximum Gasteiger partial charge on any atom is 0.226 e. The van der Waals surface area contributed by atoms with Crippen LogP contribution in [0.3, 0.4) is 0 Å². The molecular formula is C22H22N4O2S2. The number of aromatic nitrogens is 3. The van der Waals surface area contributed by atoms with Crippen LogP contribution < -0.4 is 10.1 Å². The molecule has 0 fully saturated rings. The Hall–Kier alpha value is -2.84. The van der Waals surface area contributed by atoms with E-state index in [9.17, 15) is 4.79 Å². The minimum absolute atomic E-state index is 0.0160. The first-order valence-electron chi connectivity index (χ1n) is 9.55. The number of rotatable bonds is 8. The average molecular weight is 439 g/mol. The number of aryl methyl sites for hydroxylation is 2. The highest BCUT2D eigenvalue weighted by Gasteiger charge is 2.10. The van der Waals surface area contributed by atoms with Crippen LogP contribution in [0.25, 0.3) is 10.2 Å². The highest BCUT2D eigenvalue weighted by molar-refractivity contribution is 8.00. The van der Waals surface area contributed by atoms with E-state index < -0.39 is 0 Å². The van der Waals surface area contributed by atoms with E-state index in [0.29, 0.717) is 13.0 Å². The van der Waals surface area contributed by atoms with Gasteiger partial charge in [-0.25, -0.2) is 9.97 Å². The molecule has 0 unspecified atom stereocenters. The Labute approximate surface area is 183 Å². The zero-order chi connectivity index (χ0) is 20.9. The second kappa shape index (κ2) is 9.32. The summed E-state index contributed by atoms with van der Waals surface area (Å²) in [5, 5.41) is 2.98. The van der Waals surface area contributed by atoms with Gasteiger partial charge in [-0.05, 0) is 31.2 Å². The molecule has 1 N–H and O–H groups in total. The average Bonchev–Trinajstić information content (AvgIpc) is 3.36. The summed E-state index contributed by atoms with van der Waals surface area (Å²) in [6.07, 6.45) is 4.03. The third-order valence-electron chi connectivity index (χ3n) is 4.70. The van der Waals surface area contributed by atoms with E-state index in [1.165, 1.54) is 0 Å². The van der Waals surface area contributed by atoms with Crippen LogP contribution in [0.4, 0.5) is 5.69 Å². The number of carbonyl (C=O) groups excluding carboxylic acids is 1. The number of para-hydroxylation sites is 1. The first kappa shape index (κ1) is 20.4. The van der Waals surface area contributed by atoms with Crippen molar-refractivity contribution in [1.29, 1.82) is 0 Å². The summed E-state index contributed by atoms with van der Waals surface area (Å²) in [6, 6.07) is 13.9. The van der Waals surface area contributed by atoms with Crippen LogP contribution >= 0.6 is 23.1 Å². The lowest BCUT2D eigenvalue weighted by Crippen LogP contribution is -2.14. The Bertz CT molecular complexity index is 1170. The highest BCUT2D eigenvalue weighted by Crippen LogP contribution is 2.34. The van der Waals surface area contributed by atoms with E-state index in [0.717, 1.165) is 43.1 Å². The summed E-state index contributed by atoms with van der Waals surface area (Å²) < 4.78 is 9.44. The molecule has 0 aliphatic heterocycles. The molecule has 0 aliphatic carbocycles. The van der Waals surface area contributed by atoms with Crippen LogP contribution in [0.1, 0.15) is 17.8 Å². The Balaban J connectivity index is 1.38. The first-order valence-corrected chi connectivity index (χ1v) is 11.4. The minimum Gasteiger partial charge on any atom is -0.496 e. The van der Waals surface area contributed by atoms with Crippen molar-refractivity contribution in [3.63, 3.8) is 0 Å². The molecule has 154 valence electrons. The van der Waals surface area contributed by atoms with Gasteiger partial charge in [0.25, 0.3) is 0 Å². The number of thiazole rings is 1. The molecule has 2 aromatic carbocycles. The monoisotopic (exact) mass is 438 g/mol. The number of hydrogen-bond donors (Lipinski definition) is 1. The van der Waals surface area contributed by atoms with Crippen molar-refractivity contribution in [3.8, 4) is 5.75 Å². The predicted molar refractivity (Wildman–Crippen MR) is 122 cm³/mol. The molecule has 0 bridgehead atoms. The fraction of sp³-hybridized carbons (Fsp3) is 0.227. The summed E-state index contributed by atoms with van der Waals surface area (Å²) in [4.78, 5) is 21.2. The molecule has 4 aromatic rings. The Kier molecular flexibility index (Phi) is 6.35. The number of amides is 1. The van der Waals surface area contributed by atoms with Gasteiger partial charge in [0.1, 0.15) is 11.6 Å². The van der Waals surface area contributed by atoms with Crippen molar-refractivity contribution in [2.24, 2.45) is 0 Å². The molecule has 2 heterocycles. The van der Waals surface area contributed by atoms with Crippen molar-refractivity contribution < 1.29 is 9.53 Å². The number of ether oxygens (including phenoxy) is 1. The van der Waals surface area contributed by atoms with Gasteiger partial charge in [-0.2, -0.15) is 0 Å². The van der Waals surface area contributed by atoms with Crippen LogP contribution in [-0.4, -0.2) is 27.6 Å². The number of fused-ring (bicyclic) bond motifs is 1. The first-order chi connectivity index (χ1) is 14.6. The van der Waals surface area contributed by atoms with E-state index in [4.69, 9.17) is 9.72 Å². The third kappa shape index (κ3) is 4.83. The summed E-state index contributed by atoms with van der Waals surface area (Å²) in [6.45, 7) is 2.54. The van der Waals surface area contributed by atoms with Crippen molar-refractivity contribution in [2.45, 2.75) is 30.0 Å². The number of hydrogen-bond acceptors (Lipinski definition) is 6. The zero-order valence-electron chi connectivity index (χ0n) is 16.8.